The highest BCUT2D eigenvalue weighted by molar-refractivity contribution is 6.33. The number of nitrogens with one attached hydrogen (secondary N) is 1. The van der Waals surface area contributed by atoms with Crippen LogP contribution in [0.15, 0.2) is 57.5 Å². The number of aromatic nitrogens is 2. The maximum absolute atomic E-state index is 12.6. The molecule has 0 atom stereocenters. The molecule has 1 heterocycles. The van der Waals surface area contributed by atoms with E-state index in [4.69, 9.17) is 21.8 Å². The molecule has 3 N–H and O–H groups in total. The maximum Gasteiger partial charge on any atom is 0.337 e. The summed E-state index contributed by atoms with van der Waals surface area (Å²) in [6.07, 6.45) is 0. The summed E-state index contributed by atoms with van der Waals surface area (Å²) < 4.78 is 1.15. The van der Waals surface area contributed by atoms with Gasteiger partial charge in [0, 0.05) is 0 Å². The Morgan fingerprint density at radius 2 is 1.82 bits per heavy atom. The molecule has 0 aliphatic carbocycles. The van der Waals surface area contributed by atoms with E-state index in [0.29, 0.717) is 11.4 Å². The minimum absolute atomic E-state index is 0.00699. The van der Waals surface area contributed by atoms with Crippen molar-refractivity contribution in [3.8, 4) is 5.69 Å². The number of aryl methyl sites for hydroxylation is 1. The summed E-state index contributed by atoms with van der Waals surface area (Å²) in [6, 6.07) is 9.93. The van der Waals surface area contributed by atoms with Gasteiger partial charge in [0.05, 0.1) is 33.2 Å². The average Bonchev–Trinajstić information content (AvgIpc) is 2.95. The number of aromatic amines is 1. The first-order valence-corrected chi connectivity index (χ1v) is 8.25. The summed E-state index contributed by atoms with van der Waals surface area (Å²) in [5.74, 6) is -2.32. The predicted octanol–water partition coefficient (Wildman–Crippen LogP) is 3.94. The Morgan fingerprint density at radius 1 is 1.07 bits per heavy atom. The first-order valence-electron chi connectivity index (χ1n) is 7.88. The zero-order valence-corrected chi connectivity index (χ0v) is 15.1. The second kappa shape index (κ2) is 7.49. The number of carboxylic acid groups (broad SMARTS) is 2. The van der Waals surface area contributed by atoms with Crippen LogP contribution in [0.25, 0.3) is 5.69 Å². The molecule has 2 aromatic carbocycles. The lowest BCUT2D eigenvalue weighted by molar-refractivity contribution is 0.0686. The Bertz CT molecular complexity index is 1180. The van der Waals surface area contributed by atoms with Gasteiger partial charge >= 0.3 is 11.9 Å². The van der Waals surface area contributed by atoms with Crippen LogP contribution in [-0.2, 0) is 0 Å². The fraction of sp³-hybridized carbons (Fsp3) is 0.0556. The Kier molecular flexibility index (Phi) is 5.10. The van der Waals surface area contributed by atoms with Crippen LogP contribution in [0.2, 0.25) is 5.02 Å². The third kappa shape index (κ3) is 3.69. The van der Waals surface area contributed by atoms with Crippen molar-refractivity contribution >= 4 is 34.9 Å². The minimum atomic E-state index is -1.21. The van der Waals surface area contributed by atoms with Crippen LogP contribution in [0.3, 0.4) is 0 Å². The zero-order chi connectivity index (χ0) is 20.4. The molecule has 142 valence electrons. The van der Waals surface area contributed by atoms with Crippen LogP contribution in [0, 0.1) is 6.92 Å². The largest absolute Gasteiger partial charge is 0.478 e. The molecule has 0 radical (unpaired) electrons. The molecule has 0 fully saturated rings. The van der Waals surface area contributed by atoms with Crippen molar-refractivity contribution in [2.75, 3.05) is 0 Å². The van der Waals surface area contributed by atoms with Crippen molar-refractivity contribution in [2.45, 2.75) is 6.92 Å². The van der Waals surface area contributed by atoms with Crippen LogP contribution in [0.4, 0.5) is 11.4 Å². The van der Waals surface area contributed by atoms with Crippen LogP contribution in [0.5, 0.6) is 0 Å². The van der Waals surface area contributed by atoms with Gasteiger partial charge in [-0.15, -0.1) is 5.11 Å². The SMILES string of the molecule is Cc1[nH]n(-c2cccc(C(=O)O)c2)c(=O)c1N=Nc1ccc(Cl)c(C(=O)O)c1. The lowest BCUT2D eigenvalue weighted by Crippen LogP contribution is -2.14. The summed E-state index contributed by atoms with van der Waals surface area (Å²) in [6.45, 7) is 1.61. The second-order valence-corrected chi connectivity index (χ2v) is 6.16. The van der Waals surface area contributed by atoms with E-state index in [1.807, 2.05) is 0 Å². The number of hydrogen-bond donors (Lipinski definition) is 3. The number of nitrogens with zero attached hydrogens (tertiary/aromatic N) is 3. The van der Waals surface area contributed by atoms with E-state index in [1.54, 1.807) is 13.0 Å². The fourth-order valence-electron chi connectivity index (χ4n) is 2.46. The fourth-order valence-corrected chi connectivity index (χ4v) is 2.66. The van der Waals surface area contributed by atoms with Crippen LogP contribution < -0.4 is 5.56 Å². The third-order valence-electron chi connectivity index (χ3n) is 3.84. The number of rotatable bonds is 5. The van der Waals surface area contributed by atoms with E-state index in [-0.39, 0.29) is 27.5 Å². The summed E-state index contributed by atoms with van der Waals surface area (Å²) in [5, 5.41) is 28.9. The van der Waals surface area contributed by atoms with Gasteiger partial charge in [0.15, 0.2) is 5.69 Å². The molecule has 0 saturated heterocycles. The summed E-state index contributed by atoms with van der Waals surface area (Å²) in [5.41, 5.74) is 0.315. The van der Waals surface area contributed by atoms with Crippen molar-refractivity contribution in [1.82, 2.24) is 9.78 Å². The standard InChI is InChI=1S/C18H13ClN4O5/c1-9-15(21-20-11-5-6-14(19)13(8-11)18(27)28)16(24)23(22-9)12-4-2-3-10(7-12)17(25)26/h2-8,22H,1H3,(H,25,26)(H,27,28). The van der Waals surface area contributed by atoms with Gasteiger partial charge in [0.1, 0.15) is 0 Å². The highest BCUT2D eigenvalue weighted by atomic mass is 35.5. The van der Waals surface area contributed by atoms with E-state index >= 15 is 0 Å². The first kappa shape index (κ1) is 19.1. The Hall–Kier alpha value is -3.72. The van der Waals surface area contributed by atoms with Gasteiger partial charge in [-0.05, 0) is 43.3 Å². The number of halogens is 1. The highest BCUT2D eigenvalue weighted by Gasteiger charge is 2.14. The van der Waals surface area contributed by atoms with Crippen molar-refractivity contribution in [3.05, 3.63) is 74.7 Å². The molecule has 0 spiro atoms. The van der Waals surface area contributed by atoms with E-state index in [2.05, 4.69) is 15.3 Å². The van der Waals surface area contributed by atoms with E-state index < -0.39 is 17.5 Å². The molecule has 0 saturated carbocycles. The van der Waals surface area contributed by atoms with Gasteiger partial charge in [-0.25, -0.2) is 14.3 Å². The third-order valence-corrected chi connectivity index (χ3v) is 4.17. The molecule has 3 aromatic rings. The van der Waals surface area contributed by atoms with Crippen molar-refractivity contribution in [3.63, 3.8) is 0 Å². The van der Waals surface area contributed by atoms with Gasteiger partial charge < -0.3 is 10.2 Å². The van der Waals surface area contributed by atoms with Gasteiger partial charge in [0.25, 0.3) is 5.56 Å². The quantitative estimate of drug-likeness (QED) is 0.557. The molecule has 3 rings (SSSR count). The van der Waals surface area contributed by atoms with E-state index in [9.17, 15) is 14.4 Å². The highest BCUT2D eigenvalue weighted by Crippen LogP contribution is 2.24. The molecule has 1 aromatic heterocycles. The average molecular weight is 401 g/mol. The number of azo groups is 1. The molecular weight excluding hydrogens is 388 g/mol. The maximum atomic E-state index is 12.6. The monoisotopic (exact) mass is 400 g/mol. The van der Waals surface area contributed by atoms with Crippen LogP contribution in [0.1, 0.15) is 26.4 Å². The molecule has 0 aliphatic rings. The molecule has 0 amide bonds. The number of carboxylic acids is 2. The first-order chi connectivity index (χ1) is 13.3. The van der Waals surface area contributed by atoms with Crippen molar-refractivity contribution < 1.29 is 19.8 Å². The van der Waals surface area contributed by atoms with Crippen molar-refractivity contribution in [1.29, 1.82) is 0 Å². The van der Waals surface area contributed by atoms with Gasteiger partial charge in [-0.1, -0.05) is 17.7 Å². The molecule has 9 nitrogen and oxygen atoms in total. The topological polar surface area (TPSA) is 137 Å². The number of aromatic carboxylic acids is 2. The number of hydrogen-bond acceptors (Lipinski definition) is 5. The smallest absolute Gasteiger partial charge is 0.337 e. The lowest BCUT2D eigenvalue weighted by Gasteiger charge is -2.02. The molecular formula is C18H13ClN4O5. The minimum Gasteiger partial charge on any atom is -0.478 e. The van der Waals surface area contributed by atoms with Gasteiger partial charge in [-0.3, -0.25) is 9.89 Å². The Labute approximate surface area is 162 Å². The van der Waals surface area contributed by atoms with Crippen LogP contribution in [-0.4, -0.2) is 31.9 Å². The van der Waals surface area contributed by atoms with Gasteiger partial charge in [0.2, 0.25) is 0 Å². The summed E-state index contributed by atoms with van der Waals surface area (Å²) >= 11 is 5.81. The molecule has 10 heteroatoms. The Morgan fingerprint density at radius 3 is 2.50 bits per heavy atom. The van der Waals surface area contributed by atoms with Crippen LogP contribution >= 0.6 is 11.6 Å². The van der Waals surface area contributed by atoms with Gasteiger partial charge in [-0.2, -0.15) is 5.11 Å². The zero-order valence-electron chi connectivity index (χ0n) is 14.4. The molecule has 0 bridgehead atoms. The summed E-state index contributed by atoms with van der Waals surface area (Å²) in [4.78, 5) is 34.9. The molecule has 28 heavy (non-hydrogen) atoms. The predicted molar refractivity (Wildman–Crippen MR) is 101 cm³/mol. The molecule has 0 unspecified atom stereocenters. The number of carbonyl (C=O) groups is 2. The molecule has 0 aliphatic heterocycles. The van der Waals surface area contributed by atoms with E-state index in [1.165, 1.54) is 36.4 Å². The Balaban J connectivity index is 1.99. The normalized spacial score (nSPS) is 11.1. The number of benzene rings is 2. The van der Waals surface area contributed by atoms with Crippen molar-refractivity contribution in [2.24, 2.45) is 10.2 Å². The summed E-state index contributed by atoms with van der Waals surface area (Å²) in [7, 11) is 0. The second-order valence-electron chi connectivity index (χ2n) is 5.75. The number of H-pyrrole nitrogens is 1. The lowest BCUT2D eigenvalue weighted by atomic mass is 10.2. The van der Waals surface area contributed by atoms with E-state index in [0.717, 1.165) is 4.68 Å².